The number of halogens is 1. The van der Waals surface area contributed by atoms with Crippen LogP contribution < -0.4 is 15.0 Å². The molecule has 0 amide bonds. The van der Waals surface area contributed by atoms with Crippen molar-refractivity contribution in [3.8, 4) is 5.88 Å². The molecule has 0 saturated carbocycles. The Hall–Kier alpha value is -2.72. The predicted molar refractivity (Wildman–Crippen MR) is 90.8 cm³/mol. The van der Waals surface area contributed by atoms with Crippen LogP contribution in [0.3, 0.4) is 0 Å². The van der Waals surface area contributed by atoms with Crippen LogP contribution in [-0.2, 0) is 4.74 Å². The zero-order valence-corrected chi connectivity index (χ0v) is 14.1. The smallest absolute Gasteiger partial charge is 0.313 e. The fraction of sp³-hybridized carbons (Fsp3) is 0.357. The highest BCUT2D eigenvalue weighted by Crippen LogP contribution is 2.36. The molecule has 3 heterocycles. The fourth-order valence-electron chi connectivity index (χ4n) is 2.38. The Morgan fingerprint density at radius 2 is 2.16 bits per heavy atom. The Morgan fingerprint density at radius 3 is 2.80 bits per heavy atom. The first-order valence-electron chi connectivity index (χ1n) is 7.40. The molecule has 0 spiro atoms. The average molecular weight is 367 g/mol. The third-order valence-corrected chi connectivity index (χ3v) is 3.73. The van der Waals surface area contributed by atoms with E-state index in [1.807, 2.05) is 0 Å². The van der Waals surface area contributed by atoms with Gasteiger partial charge in [0.15, 0.2) is 0 Å². The second-order valence-corrected chi connectivity index (χ2v) is 5.46. The van der Waals surface area contributed by atoms with Crippen molar-refractivity contribution in [3.63, 3.8) is 0 Å². The van der Waals surface area contributed by atoms with Crippen molar-refractivity contribution in [2.24, 2.45) is 0 Å². The van der Waals surface area contributed by atoms with E-state index >= 15 is 0 Å². The quantitative estimate of drug-likeness (QED) is 0.481. The van der Waals surface area contributed by atoms with Gasteiger partial charge in [0.1, 0.15) is 10.8 Å². The summed E-state index contributed by atoms with van der Waals surface area (Å²) >= 11 is 5.83. The van der Waals surface area contributed by atoms with Gasteiger partial charge in [-0.3, -0.25) is 10.1 Å². The Kier molecular flexibility index (Phi) is 5.10. The molecule has 1 fully saturated rings. The van der Waals surface area contributed by atoms with E-state index in [1.165, 1.54) is 25.4 Å². The summed E-state index contributed by atoms with van der Waals surface area (Å²) in [5.74, 6) is 0.611. The average Bonchev–Trinajstić information content (AvgIpc) is 2.62. The third kappa shape index (κ3) is 3.86. The molecule has 1 N–H and O–H groups in total. The SMILES string of the molecule is COc1nc(N2CCOCC2)c([N+](=O)[O-])cc1Nc1nccc(Cl)n1. The summed E-state index contributed by atoms with van der Waals surface area (Å²) in [5.41, 5.74) is 0.126. The summed E-state index contributed by atoms with van der Waals surface area (Å²) in [6.07, 6.45) is 1.47. The number of rotatable bonds is 5. The predicted octanol–water partition coefficient (Wildman–Crippen LogP) is 2.02. The molecule has 1 aliphatic heterocycles. The van der Waals surface area contributed by atoms with Crippen molar-refractivity contribution in [1.82, 2.24) is 15.0 Å². The number of anilines is 3. The molecule has 0 aromatic carbocycles. The summed E-state index contributed by atoms with van der Waals surface area (Å²) in [7, 11) is 1.43. The molecule has 10 nitrogen and oxygen atoms in total. The zero-order valence-electron chi connectivity index (χ0n) is 13.3. The number of pyridine rings is 1. The minimum Gasteiger partial charge on any atom is -0.479 e. The highest BCUT2D eigenvalue weighted by atomic mass is 35.5. The van der Waals surface area contributed by atoms with Crippen molar-refractivity contribution in [1.29, 1.82) is 0 Å². The van der Waals surface area contributed by atoms with Crippen molar-refractivity contribution >= 4 is 34.7 Å². The van der Waals surface area contributed by atoms with Crippen LogP contribution >= 0.6 is 11.6 Å². The van der Waals surface area contributed by atoms with E-state index in [1.54, 1.807) is 4.90 Å². The summed E-state index contributed by atoms with van der Waals surface area (Å²) in [6.45, 7) is 2.00. The minimum absolute atomic E-state index is 0.146. The maximum absolute atomic E-state index is 11.5. The van der Waals surface area contributed by atoms with Gasteiger partial charge in [0.2, 0.25) is 17.6 Å². The number of hydrogen-bond acceptors (Lipinski definition) is 9. The van der Waals surface area contributed by atoms with Gasteiger partial charge in [-0.1, -0.05) is 11.6 Å². The number of ether oxygens (including phenoxy) is 2. The highest BCUT2D eigenvalue weighted by molar-refractivity contribution is 6.29. The van der Waals surface area contributed by atoms with Gasteiger partial charge in [-0.2, -0.15) is 4.98 Å². The van der Waals surface area contributed by atoms with E-state index < -0.39 is 4.92 Å². The molecule has 2 aromatic heterocycles. The Labute approximate surface area is 147 Å². The number of nitrogens with one attached hydrogen (secondary N) is 1. The van der Waals surface area contributed by atoms with Gasteiger partial charge in [-0.05, 0) is 6.07 Å². The van der Waals surface area contributed by atoms with Crippen molar-refractivity contribution in [3.05, 3.63) is 33.6 Å². The molecule has 1 saturated heterocycles. The van der Waals surface area contributed by atoms with Crippen LogP contribution in [-0.4, -0.2) is 53.3 Å². The van der Waals surface area contributed by atoms with Gasteiger partial charge in [-0.25, -0.2) is 9.97 Å². The second-order valence-electron chi connectivity index (χ2n) is 5.07. The van der Waals surface area contributed by atoms with E-state index in [-0.39, 0.29) is 34.2 Å². The van der Waals surface area contributed by atoms with Gasteiger partial charge < -0.3 is 19.7 Å². The molecule has 1 aliphatic rings. The van der Waals surface area contributed by atoms with Gasteiger partial charge in [-0.15, -0.1) is 0 Å². The van der Waals surface area contributed by atoms with Crippen LogP contribution in [0.5, 0.6) is 5.88 Å². The molecule has 0 radical (unpaired) electrons. The Morgan fingerprint density at radius 1 is 1.40 bits per heavy atom. The lowest BCUT2D eigenvalue weighted by atomic mass is 10.3. The van der Waals surface area contributed by atoms with Crippen LogP contribution in [0, 0.1) is 10.1 Å². The number of nitrogens with zero attached hydrogens (tertiary/aromatic N) is 5. The first-order valence-corrected chi connectivity index (χ1v) is 7.78. The van der Waals surface area contributed by atoms with E-state index in [4.69, 9.17) is 21.1 Å². The van der Waals surface area contributed by atoms with E-state index in [9.17, 15) is 10.1 Å². The minimum atomic E-state index is -0.485. The van der Waals surface area contributed by atoms with E-state index in [2.05, 4.69) is 20.3 Å². The van der Waals surface area contributed by atoms with Crippen LogP contribution in [0.25, 0.3) is 0 Å². The molecule has 132 valence electrons. The highest BCUT2D eigenvalue weighted by Gasteiger charge is 2.26. The van der Waals surface area contributed by atoms with Gasteiger partial charge in [0.05, 0.1) is 25.2 Å². The first kappa shape index (κ1) is 17.1. The van der Waals surface area contributed by atoms with Gasteiger partial charge in [0, 0.05) is 25.4 Å². The van der Waals surface area contributed by atoms with Crippen molar-refractivity contribution < 1.29 is 14.4 Å². The molecule has 3 rings (SSSR count). The summed E-state index contributed by atoms with van der Waals surface area (Å²) in [6, 6.07) is 2.87. The number of aromatic nitrogens is 3. The van der Waals surface area contributed by atoms with Crippen LogP contribution in [0.15, 0.2) is 18.3 Å². The topological polar surface area (TPSA) is 116 Å². The normalized spacial score (nSPS) is 14.2. The van der Waals surface area contributed by atoms with Gasteiger partial charge >= 0.3 is 5.69 Å². The molecule has 0 bridgehead atoms. The monoisotopic (exact) mass is 366 g/mol. The molecular weight excluding hydrogens is 352 g/mol. The van der Waals surface area contributed by atoms with Crippen LogP contribution in [0.1, 0.15) is 0 Å². The summed E-state index contributed by atoms with van der Waals surface area (Å²) < 4.78 is 10.6. The molecule has 0 atom stereocenters. The van der Waals surface area contributed by atoms with Crippen molar-refractivity contribution in [2.45, 2.75) is 0 Å². The number of morpholine rings is 1. The molecule has 0 aliphatic carbocycles. The number of nitro groups is 1. The third-order valence-electron chi connectivity index (χ3n) is 3.52. The van der Waals surface area contributed by atoms with Gasteiger partial charge in [0.25, 0.3) is 0 Å². The Bertz CT molecular complexity index is 784. The largest absolute Gasteiger partial charge is 0.479 e. The van der Waals surface area contributed by atoms with Crippen molar-refractivity contribution in [2.75, 3.05) is 43.6 Å². The molecular formula is C14H15ClN6O4. The van der Waals surface area contributed by atoms with E-state index in [0.29, 0.717) is 26.3 Å². The maximum atomic E-state index is 11.5. The fourth-order valence-corrected chi connectivity index (χ4v) is 2.52. The maximum Gasteiger partial charge on any atom is 0.313 e. The molecule has 11 heteroatoms. The zero-order chi connectivity index (χ0) is 17.8. The Balaban J connectivity index is 2.00. The number of hydrogen-bond donors (Lipinski definition) is 1. The number of methoxy groups -OCH3 is 1. The standard InChI is InChI=1S/C14H15ClN6O4/c1-24-13-9(17-14-16-3-2-11(15)18-14)8-10(21(22)23)12(19-13)20-4-6-25-7-5-20/h2-3,8H,4-7H2,1H3,(H,16,17,18). The molecule has 2 aromatic rings. The molecule has 25 heavy (non-hydrogen) atoms. The van der Waals surface area contributed by atoms with Crippen LogP contribution in [0.2, 0.25) is 5.15 Å². The van der Waals surface area contributed by atoms with E-state index in [0.717, 1.165) is 0 Å². The van der Waals surface area contributed by atoms with Crippen LogP contribution in [0.4, 0.5) is 23.1 Å². The lowest BCUT2D eigenvalue weighted by Gasteiger charge is -2.27. The summed E-state index contributed by atoms with van der Waals surface area (Å²) in [5, 5.41) is 14.6. The lowest BCUT2D eigenvalue weighted by Crippen LogP contribution is -2.37. The molecule has 0 unspecified atom stereocenters. The summed E-state index contributed by atoms with van der Waals surface area (Å²) in [4.78, 5) is 25.1. The first-order chi connectivity index (χ1) is 12.1. The lowest BCUT2D eigenvalue weighted by molar-refractivity contribution is -0.384. The second kappa shape index (κ2) is 7.45.